The Labute approximate surface area is 249 Å². The number of aromatic nitrogens is 5. The summed E-state index contributed by atoms with van der Waals surface area (Å²) in [5, 5.41) is 20.4. The van der Waals surface area contributed by atoms with Crippen LogP contribution in [0, 0.1) is 11.3 Å². The van der Waals surface area contributed by atoms with Gasteiger partial charge in [0.1, 0.15) is 23.6 Å². The van der Waals surface area contributed by atoms with Gasteiger partial charge in [0.05, 0.1) is 25.6 Å². The summed E-state index contributed by atoms with van der Waals surface area (Å²) in [6.45, 7) is 1.43. The fraction of sp³-hybridized carbons (Fsp3) is 0.355. The first-order chi connectivity index (χ1) is 21.1. The number of hydrogen-bond acceptors (Lipinski definition) is 9. The summed E-state index contributed by atoms with van der Waals surface area (Å²) in [6, 6.07) is 15.9. The third-order valence-electron chi connectivity index (χ3n) is 7.71. The molecule has 2 amide bonds. The molecule has 1 aliphatic carbocycles. The van der Waals surface area contributed by atoms with Gasteiger partial charge in [0, 0.05) is 49.2 Å². The van der Waals surface area contributed by atoms with E-state index in [0.29, 0.717) is 37.0 Å². The van der Waals surface area contributed by atoms with Crippen molar-refractivity contribution in [3.05, 3.63) is 78.4 Å². The van der Waals surface area contributed by atoms with Gasteiger partial charge >= 0.3 is 12.0 Å². The number of benzene rings is 1. The molecule has 0 radical (unpaired) electrons. The first-order valence-corrected chi connectivity index (χ1v) is 14.4. The molecule has 6 rings (SSSR count). The number of nitrogens with zero attached hydrogens (tertiary/aromatic N) is 7. The minimum atomic E-state index is -0.189. The van der Waals surface area contributed by atoms with Crippen molar-refractivity contribution >= 4 is 17.7 Å². The van der Waals surface area contributed by atoms with Crippen molar-refractivity contribution in [2.45, 2.75) is 50.4 Å². The lowest BCUT2D eigenvalue weighted by Crippen LogP contribution is -2.49. The molecule has 3 aromatic heterocycles. The molecule has 0 atom stereocenters. The maximum absolute atomic E-state index is 13.7. The monoisotopic (exact) mass is 579 g/mol. The summed E-state index contributed by atoms with van der Waals surface area (Å²) in [5.74, 6) is 1.06. The van der Waals surface area contributed by atoms with Crippen molar-refractivity contribution in [1.29, 1.82) is 5.26 Å². The number of nitrogens with one attached hydrogen (secondary N) is 2. The van der Waals surface area contributed by atoms with Gasteiger partial charge in [0.15, 0.2) is 5.82 Å². The number of hydrogen-bond donors (Lipinski definition) is 2. The Hall–Kier alpha value is -5.02. The van der Waals surface area contributed by atoms with E-state index in [2.05, 4.69) is 31.8 Å². The van der Waals surface area contributed by atoms with Crippen LogP contribution in [-0.2, 0) is 18.3 Å². The fourth-order valence-electron chi connectivity index (χ4n) is 5.30. The smallest absolute Gasteiger partial charge is 0.323 e. The average molecular weight is 580 g/mol. The highest BCUT2D eigenvalue weighted by atomic mass is 16.6. The second kappa shape index (κ2) is 12.9. The molecule has 12 nitrogen and oxygen atoms in total. The number of carbonyl (C=O) groups is 1. The van der Waals surface area contributed by atoms with Crippen LogP contribution in [0.2, 0.25) is 0 Å². The molecule has 2 aliphatic rings. The van der Waals surface area contributed by atoms with E-state index in [4.69, 9.17) is 14.5 Å². The largest absolute Gasteiger partial charge is 0.455 e. The first kappa shape index (κ1) is 28.1. The van der Waals surface area contributed by atoms with Crippen LogP contribution in [-0.4, -0.2) is 62.2 Å². The van der Waals surface area contributed by atoms with Crippen molar-refractivity contribution in [2.75, 3.05) is 23.4 Å². The average Bonchev–Trinajstić information content (AvgIpc) is 3.46. The van der Waals surface area contributed by atoms with E-state index in [1.165, 1.54) is 6.20 Å². The number of urea groups is 1. The number of ether oxygens (including phenoxy) is 2. The van der Waals surface area contributed by atoms with Crippen molar-refractivity contribution < 1.29 is 14.3 Å². The van der Waals surface area contributed by atoms with E-state index < -0.39 is 0 Å². The number of amides is 2. The van der Waals surface area contributed by atoms with Crippen LogP contribution >= 0.6 is 0 Å². The number of rotatable bonds is 9. The van der Waals surface area contributed by atoms with E-state index >= 15 is 0 Å². The molecule has 2 fully saturated rings. The Balaban J connectivity index is 1.15. The zero-order valence-corrected chi connectivity index (χ0v) is 23.9. The van der Waals surface area contributed by atoms with Gasteiger partial charge in [-0.25, -0.2) is 14.8 Å². The third kappa shape index (κ3) is 6.73. The molecule has 43 heavy (non-hydrogen) atoms. The van der Waals surface area contributed by atoms with E-state index in [1.807, 2.05) is 55.7 Å². The number of nitriles is 1. The lowest BCUT2D eigenvalue weighted by Gasteiger charge is -2.36. The number of anilines is 2. The van der Waals surface area contributed by atoms with Crippen LogP contribution in [0.5, 0.6) is 6.01 Å². The van der Waals surface area contributed by atoms with Gasteiger partial charge in [-0.15, -0.1) is 0 Å². The Morgan fingerprint density at radius 3 is 2.53 bits per heavy atom. The Morgan fingerprint density at radius 2 is 1.88 bits per heavy atom. The molecule has 0 spiro atoms. The van der Waals surface area contributed by atoms with E-state index in [9.17, 15) is 10.1 Å². The predicted molar refractivity (Wildman–Crippen MR) is 159 cm³/mol. The highest BCUT2D eigenvalue weighted by Crippen LogP contribution is 2.30. The molecule has 1 saturated heterocycles. The first-order valence-electron chi connectivity index (χ1n) is 14.4. The third-order valence-corrected chi connectivity index (χ3v) is 7.71. The van der Waals surface area contributed by atoms with Gasteiger partial charge < -0.3 is 20.1 Å². The van der Waals surface area contributed by atoms with E-state index in [-0.39, 0.29) is 30.2 Å². The van der Waals surface area contributed by atoms with Crippen LogP contribution in [0.4, 0.5) is 16.4 Å². The molecule has 0 unspecified atom stereocenters. The van der Waals surface area contributed by atoms with Gasteiger partial charge in [-0.3, -0.25) is 9.58 Å². The zero-order valence-electron chi connectivity index (χ0n) is 23.9. The Kier molecular flexibility index (Phi) is 8.42. The van der Waals surface area contributed by atoms with Crippen LogP contribution in [0.1, 0.15) is 36.8 Å². The highest BCUT2D eigenvalue weighted by molar-refractivity contribution is 5.91. The quantitative estimate of drug-likeness (QED) is 0.300. The standard InChI is InChI=1S/C31H33N9O3/c1-39-18-24(17-36-39)22-7-12-28(33-15-22)40(31(41)35-14-21-5-3-2-4-6-21)26-10-8-25(9-11-26)37-29-23(13-32)16-34-30(38-29)43-27-19-42-20-27/h2-7,12,15-18,25-27H,8-11,14,19-20H2,1H3,(H,35,41)(H,34,37,38)/t25-,26-. The molecular formula is C31H33N9O3. The number of aryl methyl sites for hydroxylation is 1. The molecular weight excluding hydrogens is 546 g/mol. The van der Waals surface area contributed by atoms with Crippen molar-refractivity contribution in [1.82, 2.24) is 30.0 Å². The summed E-state index contributed by atoms with van der Waals surface area (Å²) in [5.41, 5.74) is 3.28. The summed E-state index contributed by atoms with van der Waals surface area (Å²) in [6.07, 6.45) is 9.98. The second-order valence-electron chi connectivity index (χ2n) is 10.8. The summed E-state index contributed by atoms with van der Waals surface area (Å²) in [4.78, 5) is 28.8. The Bertz CT molecular complexity index is 1570. The summed E-state index contributed by atoms with van der Waals surface area (Å²) in [7, 11) is 1.87. The molecule has 4 heterocycles. The van der Waals surface area contributed by atoms with Gasteiger partial charge in [-0.2, -0.15) is 15.3 Å². The van der Waals surface area contributed by atoms with Crippen molar-refractivity contribution in [2.24, 2.45) is 7.05 Å². The normalized spacial score (nSPS) is 18.2. The predicted octanol–water partition coefficient (Wildman–Crippen LogP) is 4.06. The van der Waals surface area contributed by atoms with Crippen molar-refractivity contribution in [3.63, 3.8) is 0 Å². The maximum Gasteiger partial charge on any atom is 0.323 e. The minimum absolute atomic E-state index is 0.0519. The molecule has 12 heteroatoms. The van der Waals surface area contributed by atoms with Crippen LogP contribution in [0.25, 0.3) is 11.1 Å². The van der Waals surface area contributed by atoms with E-state index in [1.54, 1.807) is 22.0 Å². The minimum Gasteiger partial charge on any atom is -0.455 e. The maximum atomic E-state index is 13.7. The van der Waals surface area contributed by atoms with Crippen LogP contribution in [0.15, 0.2) is 67.3 Å². The van der Waals surface area contributed by atoms with Crippen LogP contribution in [0.3, 0.4) is 0 Å². The molecule has 1 aromatic carbocycles. The molecule has 220 valence electrons. The van der Waals surface area contributed by atoms with Gasteiger partial charge in [-0.1, -0.05) is 30.3 Å². The van der Waals surface area contributed by atoms with Gasteiger partial charge in [0.25, 0.3) is 0 Å². The molecule has 4 aromatic rings. The molecule has 1 aliphatic heterocycles. The molecule has 2 N–H and O–H groups in total. The van der Waals surface area contributed by atoms with Gasteiger partial charge in [0.2, 0.25) is 0 Å². The van der Waals surface area contributed by atoms with Crippen LogP contribution < -0.4 is 20.3 Å². The SMILES string of the molecule is Cn1cc(-c2ccc(N(C(=O)NCc3ccccc3)[C@H]3CC[C@H](Nc4nc(OC5COC5)ncc4C#N)CC3)nc2)cn1. The molecule has 0 bridgehead atoms. The lowest BCUT2D eigenvalue weighted by molar-refractivity contribution is -0.0830. The fourth-order valence-corrected chi connectivity index (χ4v) is 5.30. The topological polar surface area (TPSA) is 143 Å². The van der Waals surface area contributed by atoms with Crippen molar-refractivity contribution in [3.8, 4) is 23.2 Å². The second-order valence-corrected chi connectivity index (χ2v) is 10.8. The summed E-state index contributed by atoms with van der Waals surface area (Å²) < 4.78 is 12.6. The lowest BCUT2D eigenvalue weighted by atomic mass is 9.90. The highest BCUT2D eigenvalue weighted by Gasteiger charge is 2.31. The zero-order chi connectivity index (χ0) is 29.6. The van der Waals surface area contributed by atoms with E-state index in [0.717, 1.165) is 42.4 Å². The number of pyridine rings is 1. The summed E-state index contributed by atoms with van der Waals surface area (Å²) >= 11 is 0. The Morgan fingerprint density at radius 1 is 1.07 bits per heavy atom. The molecule has 1 saturated carbocycles. The number of carbonyl (C=O) groups excluding carboxylic acids is 1. The van der Waals surface area contributed by atoms with Gasteiger partial charge in [-0.05, 0) is 43.4 Å².